The van der Waals surface area contributed by atoms with Crippen molar-refractivity contribution in [2.75, 3.05) is 33.3 Å². The molecule has 1 N–H and O–H groups in total. The van der Waals surface area contributed by atoms with Gasteiger partial charge >= 0.3 is 0 Å². The van der Waals surface area contributed by atoms with E-state index in [0.717, 1.165) is 51.9 Å². The number of aromatic nitrogens is 1. The maximum atomic E-state index is 13.2. The molecule has 5 nitrogen and oxygen atoms in total. The first kappa shape index (κ1) is 23.6. The van der Waals surface area contributed by atoms with Crippen molar-refractivity contribution in [2.45, 2.75) is 57.0 Å². The van der Waals surface area contributed by atoms with Crippen molar-refractivity contribution in [3.8, 4) is 0 Å². The van der Waals surface area contributed by atoms with Crippen LogP contribution < -0.4 is 5.32 Å². The number of methoxy groups -OCH3 is 1. The second kappa shape index (κ2) is 10.2. The fourth-order valence-corrected chi connectivity index (χ4v) is 4.85. The average Bonchev–Trinajstić information content (AvgIpc) is 3.12. The van der Waals surface area contributed by atoms with Gasteiger partial charge in [0.1, 0.15) is 5.60 Å². The Morgan fingerprint density at radius 3 is 2.65 bits per heavy atom. The lowest BCUT2D eigenvalue weighted by Crippen LogP contribution is -2.56. The topological polar surface area (TPSA) is 54.5 Å². The molecule has 0 saturated carbocycles. The van der Waals surface area contributed by atoms with Crippen LogP contribution in [0.5, 0.6) is 0 Å². The van der Waals surface area contributed by atoms with E-state index in [9.17, 15) is 4.79 Å². The number of nitrogens with zero attached hydrogens (tertiary/aromatic N) is 2. The van der Waals surface area contributed by atoms with Crippen molar-refractivity contribution >= 4 is 42.1 Å². The Morgan fingerprint density at radius 1 is 1.38 bits per heavy atom. The molecule has 1 unspecified atom stereocenters. The summed E-state index contributed by atoms with van der Waals surface area (Å²) >= 11 is 1.75. The zero-order valence-corrected chi connectivity index (χ0v) is 18.3. The van der Waals surface area contributed by atoms with E-state index in [1.165, 1.54) is 10.7 Å². The van der Waals surface area contributed by atoms with Crippen LogP contribution in [-0.4, -0.2) is 54.7 Å². The van der Waals surface area contributed by atoms with Gasteiger partial charge in [-0.2, -0.15) is 0 Å². The fourth-order valence-electron chi connectivity index (χ4n) is 3.74. The van der Waals surface area contributed by atoms with Gasteiger partial charge in [0, 0.05) is 31.5 Å². The second-order valence-electron chi connectivity index (χ2n) is 7.30. The highest BCUT2D eigenvalue weighted by Crippen LogP contribution is 2.33. The maximum Gasteiger partial charge on any atom is 0.254 e. The Kier molecular flexibility index (Phi) is 9.30. The van der Waals surface area contributed by atoms with Gasteiger partial charge in [-0.3, -0.25) is 4.79 Å². The average molecular weight is 424 g/mol. The molecule has 2 fully saturated rings. The Labute approximate surface area is 173 Å². The minimum absolute atomic E-state index is 0. The summed E-state index contributed by atoms with van der Waals surface area (Å²) in [7, 11) is 1.68. The van der Waals surface area contributed by atoms with Crippen LogP contribution in [0.4, 0.5) is 0 Å². The number of thiazole rings is 1. The Hall–Kier alpha value is -0.400. The Bertz CT molecular complexity index is 577. The van der Waals surface area contributed by atoms with Crippen molar-refractivity contribution in [1.82, 2.24) is 15.2 Å². The van der Waals surface area contributed by atoms with E-state index >= 15 is 0 Å². The molecule has 0 aliphatic carbocycles. The van der Waals surface area contributed by atoms with Crippen LogP contribution >= 0.6 is 36.2 Å². The monoisotopic (exact) mass is 423 g/mol. The minimum atomic E-state index is -0.626. The molecule has 2 aliphatic rings. The van der Waals surface area contributed by atoms with Crippen LogP contribution in [0.15, 0.2) is 5.38 Å². The predicted octanol–water partition coefficient (Wildman–Crippen LogP) is 3.58. The number of rotatable bonds is 4. The summed E-state index contributed by atoms with van der Waals surface area (Å²) < 4.78 is 5.73. The fraction of sp³-hybridized carbons (Fsp3) is 0.778. The number of carbonyl (C=O) groups excluding carboxylic acids is 1. The SMILES string of the molecule is COC1(C(=O)N2CCCC(c3nc(C(C)C)cs3)C2)CCNCC1.Cl.Cl. The minimum Gasteiger partial charge on any atom is -0.368 e. The lowest BCUT2D eigenvalue weighted by atomic mass is 9.88. The number of hydrogen-bond donors (Lipinski definition) is 1. The first-order valence-electron chi connectivity index (χ1n) is 9.06. The number of nitrogens with one attached hydrogen (secondary N) is 1. The van der Waals surface area contributed by atoms with Crippen LogP contribution in [-0.2, 0) is 9.53 Å². The zero-order chi connectivity index (χ0) is 17.2. The van der Waals surface area contributed by atoms with Gasteiger partial charge in [0.15, 0.2) is 0 Å². The number of piperidine rings is 2. The molecule has 3 rings (SSSR count). The van der Waals surface area contributed by atoms with Crippen molar-refractivity contribution in [2.24, 2.45) is 0 Å². The van der Waals surface area contributed by atoms with Gasteiger partial charge < -0.3 is 15.0 Å². The number of ether oxygens (including phenoxy) is 1. The molecule has 1 aromatic heterocycles. The third-order valence-electron chi connectivity index (χ3n) is 5.38. The predicted molar refractivity (Wildman–Crippen MR) is 111 cm³/mol. The van der Waals surface area contributed by atoms with E-state index in [2.05, 4.69) is 24.5 Å². The molecule has 0 spiro atoms. The summed E-state index contributed by atoms with van der Waals surface area (Å²) in [6, 6.07) is 0. The summed E-state index contributed by atoms with van der Waals surface area (Å²) in [5.41, 5.74) is 0.546. The molecule has 1 aromatic rings. The molecule has 0 aromatic carbocycles. The summed E-state index contributed by atoms with van der Waals surface area (Å²) in [5, 5.41) is 6.68. The van der Waals surface area contributed by atoms with Crippen molar-refractivity contribution in [3.63, 3.8) is 0 Å². The van der Waals surface area contributed by atoms with E-state index < -0.39 is 5.60 Å². The van der Waals surface area contributed by atoms with Gasteiger partial charge in [-0.15, -0.1) is 36.2 Å². The molecule has 3 heterocycles. The first-order valence-corrected chi connectivity index (χ1v) is 9.94. The van der Waals surface area contributed by atoms with E-state index in [1.54, 1.807) is 18.4 Å². The third kappa shape index (κ3) is 4.90. The number of hydrogen-bond acceptors (Lipinski definition) is 5. The van der Waals surface area contributed by atoms with E-state index in [1.807, 2.05) is 4.90 Å². The van der Waals surface area contributed by atoms with E-state index in [-0.39, 0.29) is 30.7 Å². The largest absolute Gasteiger partial charge is 0.368 e. The molecular formula is C18H31Cl2N3O2S. The Morgan fingerprint density at radius 2 is 2.08 bits per heavy atom. The molecule has 0 bridgehead atoms. The summed E-state index contributed by atoms with van der Waals surface area (Å²) in [6.45, 7) is 7.67. The number of likely N-dealkylation sites (tertiary alicyclic amines) is 1. The van der Waals surface area contributed by atoms with Crippen LogP contribution in [0.3, 0.4) is 0 Å². The Balaban J connectivity index is 0.00000169. The van der Waals surface area contributed by atoms with E-state index in [0.29, 0.717) is 11.8 Å². The number of halogens is 2. The summed E-state index contributed by atoms with van der Waals surface area (Å²) in [5.74, 6) is 1.01. The smallest absolute Gasteiger partial charge is 0.254 e. The molecule has 26 heavy (non-hydrogen) atoms. The van der Waals surface area contributed by atoms with Gasteiger partial charge in [0.2, 0.25) is 0 Å². The van der Waals surface area contributed by atoms with Crippen LogP contribution in [0, 0.1) is 0 Å². The number of amides is 1. The molecule has 0 radical (unpaired) electrons. The third-order valence-corrected chi connectivity index (χ3v) is 6.41. The lowest BCUT2D eigenvalue weighted by Gasteiger charge is -2.41. The lowest BCUT2D eigenvalue weighted by molar-refractivity contribution is -0.159. The molecule has 8 heteroatoms. The molecule has 1 atom stereocenters. The highest BCUT2D eigenvalue weighted by Gasteiger charge is 2.43. The quantitative estimate of drug-likeness (QED) is 0.803. The van der Waals surface area contributed by atoms with Gasteiger partial charge in [0.05, 0.1) is 10.7 Å². The normalized spacial score (nSPS) is 22.5. The van der Waals surface area contributed by atoms with Gasteiger partial charge in [-0.1, -0.05) is 13.8 Å². The van der Waals surface area contributed by atoms with E-state index in [4.69, 9.17) is 9.72 Å². The summed E-state index contributed by atoms with van der Waals surface area (Å²) in [6.07, 6.45) is 3.69. The van der Waals surface area contributed by atoms with Gasteiger partial charge in [-0.25, -0.2) is 4.98 Å². The molecule has 1 amide bonds. The van der Waals surface area contributed by atoms with Crippen LogP contribution in [0.25, 0.3) is 0 Å². The van der Waals surface area contributed by atoms with Crippen LogP contribution in [0.1, 0.15) is 62.1 Å². The van der Waals surface area contributed by atoms with Gasteiger partial charge in [0.25, 0.3) is 5.91 Å². The maximum absolute atomic E-state index is 13.2. The zero-order valence-electron chi connectivity index (χ0n) is 15.8. The molecule has 150 valence electrons. The van der Waals surface area contributed by atoms with Crippen LogP contribution in [0.2, 0.25) is 0 Å². The highest BCUT2D eigenvalue weighted by molar-refractivity contribution is 7.09. The van der Waals surface area contributed by atoms with Crippen molar-refractivity contribution < 1.29 is 9.53 Å². The molecular weight excluding hydrogens is 393 g/mol. The van der Waals surface area contributed by atoms with Gasteiger partial charge in [-0.05, 0) is 44.7 Å². The van der Waals surface area contributed by atoms with Crippen molar-refractivity contribution in [3.05, 3.63) is 16.1 Å². The number of carbonyl (C=O) groups is 1. The summed E-state index contributed by atoms with van der Waals surface area (Å²) in [4.78, 5) is 20.0. The standard InChI is InChI=1S/C18H29N3O2S.2ClH/c1-13(2)15-12-24-16(20-15)14-5-4-10-21(11-14)17(22)18(23-3)6-8-19-9-7-18;;/h12-14,19H,4-11H2,1-3H3;2*1H. The molecule has 2 aliphatic heterocycles. The van der Waals surface area contributed by atoms with Crippen molar-refractivity contribution in [1.29, 1.82) is 0 Å². The highest BCUT2D eigenvalue weighted by atomic mass is 35.5. The first-order chi connectivity index (χ1) is 11.6. The molecule has 2 saturated heterocycles. The second-order valence-corrected chi connectivity index (χ2v) is 8.19.